The van der Waals surface area contributed by atoms with Crippen LogP contribution in [0.25, 0.3) is 0 Å². The van der Waals surface area contributed by atoms with Gasteiger partial charge in [0.1, 0.15) is 12.4 Å². The first-order chi connectivity index (χ1) is 14.3. The smallest absolute Gasteiger partial charge is 0.191 e. The maximum absolute atomic E-state index is 5.75. The second-order valence-electron chi connectivity index (χ2n) is 7.85. The quantitative estimate of drug-likeness (QED) is 0.379. The molecule has 0 radical (unpaired) electrons. The molecule has 1 aromatic rings. The fraction of sp³-hybridized carbons (Fsp3) is 0.609. The molecule has 1 unspecified atom stereocenters. The molecule has 0 aromatic heterocycles. The number of aliphatic imine (C=N–C) groups is 1. The highest BCUT2D eigenvalue weighted by molar-refractivity contribution is 5.80. The number of benzene rings is 1. The first kappa shape index (κ1) is 21.7. The van der Waals surface area contributed by atoms with Crippen LogP contribution in [0.15, 0.2) is 41.9 Å². The monoisotopic (exact) mass is 400 g/mol. The van der Waals surface area contributed by atoms with Crippen molar-refractivity contribution in [1.29, 1.82) is 0 Å². The van der Waals surface area contributed by atoms with Gasteiger partial charge in [-0.05, 0) is 38.2 Å². The molecule has 2 saturated heterocycles. The van der Waals surface area contributed by atoms with E-state index >= 15 is 0 Å². The minimum atomic E-state index is 0.469. The Morgan fingerprint density at radius 2 is 2.14 bits per heavy atom. The summed E-state index contributed by atoms with van der Waals surface area (Å²) in [5, 5.41) is 7.02. The van der Waals surface area contributed by atoms with Crippen LogP contribution < -0.4 is 15.4 Å². The van der Waals surface area contributed by atoms with Crippen LogP contribution in [0.1, 0.15) is 31.7 Å². The van der Waals surface area contributed by atoms with Gasteiger partial charge in [-0.15, -0.1) is 0 Å². The molecular weight excluding hydrogens is 364 g/mol. The zero-order valence-electron chi connectivity index (χ0n) is 17.7. The van der Waals surface area contributed by atoms with E-state index < -0.39 is 0 Å². The Hall–Kier alpha value is -2.05. The van der Waals surface area contributed by atoms with Crippen LogP contribution in [0, 0.1) is 5.92 Å². The number of rotatable bonds is 9. The van der Waals surface area contributed by atoms with E-state index in [0.717, 1.165) is 68.9 Å². The van der Waals surface area contributed by atoms with Gasteiger partial charge in [-0.3, -0.25) is 0 Å². The third-order valence-corrected chi connectivity index (χ3v) is 5.55. The van der Waals surface area contributed by atoms with Crippen molar-refractivity contribution in [2.75, 3.05) is 46.0 Å². The van der Waals surface area contributed by atoms with Crippen molar-refractivity contribution in [3.05, 3.63) is 42.5 Å². The Bertz CT molecular complexity index is 650. The summed E-state index contributed by atoms with van der Waals surface area (Å²) in [5.41, 5.74) is 1.08. The molecule has 3 rings (SSSR count). The van der Waals surface area contributed by atoms with Gasteiger partial charge in [0.2, 0.25) is 0 Å². The molecule has 1 aromatic carbocycles. The predicted octanol–water partition coefficient (Wildman–Crippen LogP) is 2.81. The third kappa shape index (κ3) is 7.05. The van der Waals surface area contributed by atoms with Gasteiger partial charge in [0, 0.05) is 44.4 Å². The lowest BCUT2D eigenvalue weighted by molar-refractivity contribution is 0.150. The number of guanidine groups is 1. The zero-order chi connectivity index (χ0) is 20.3. The van der Waals surface area contributed by atoms with Crippen LogP contribution in [0.5, 0.6) is 5.75 Å². The molecule has 2 N–H and O–H groups in total. The summed E-state index contributed by atoms with van der Waals surface area (Å²) < 4.78 is 11.3. The van der Waals surface area contributed by atoms with Crippen molar-refractivity contribution in [1.82, 2.24) is 15.5 Å². The van der Waals surface area contributed by atoms with Gasteiger partial charge in [0.25, 0.3) is 0 Å². The van der Waals surface area contributed by atoms with E-state index in [1.165, 1.54) is 13.0 Å². The molecule has 0 saturated carbocycles. The van der Waals surface area contributed by atoms with Crippen LogP contribution >= 0.6 is 0 Å². The van der Waals surface area contributed by atoms with Crippen LogP contribution in [0.2, 0.25) is 0 Å². The number of para-hydroxylation sites is 1. The van der Waals surface area contributed by atoms with E-state index in [2.05, 4.69) is 35.1 Å². The van der Waals surface area contributed by atoms with Gasteiger partial charge < -0.3 is 25.0 Å². The van der Waals surface area contributed by atoms with Crippen molar-refractivity contribution in [3.63, 3.8) is 0 Å². The van der Waals surface area contributed by atoms with Gasteiger partial charge in [0.05, 0.1) is 13.2 Å². The SMILES string of the molecule is C=CCOc1ccccc1CN=C(NCC)NC1CCN(CC2CCOC2)CC1. The molecule has 0 bridgehead atoms. The summed E-state index contributed by atoms with van der Waals surface area (Å²) in [5.74, 6) is 2.48. The minimum absolute atomic E-state index is 0.469. The molecule has 6 heteroatoms. The second kappa shape index (κ2) is 11.8. The lowest BCUT2D eigenvalue weighted by atomic mass is 10.0. The first-order valence-electron chi connectivity index (χ1n) is 10.9. The Labute approximate surface area is 175 Å². The standard InChI is InChI=1S/C23H36N4O2/c1-3-14-29-22-8-6-5-7-20(22)16-25-23(24-4-2)26-21-9-12-27(13-10-21)17-19-11-15-28-18-19/h3,5-8,19,21H,1,4,9-18H2,2H3,(H2,24,25,26). The van der Waals surface area contributed by atoms with Gasteiger partial charge >= 0.3 is 0 Å². The molecule has 1 atom stereocenters. The maximum atomic E-state index is 5.75. The molecule has 2 aliphatic rings. The Kier molecular flexibility index (Phi) is 8.83. The van der Waals surface area contributed by atoms with Gasteiger partial charge in [-0.2, -0.15) is 0 Å². The molecule has 160 valence electrons. The van der Waals surface area contributed by atoms with Gasteiger partial charge in [0.15, 0.2) is 5.96 Å². The van der Waals surface area contributed by atoms with Crippen LogP contribution in [-0.2, 0) is 11.3 Å². The Balaban J connectivity index is 1.50. The summed E-state index contributed by atoms with van der Waals surface area (Å²) in [4.78, 5) is 7.40. The number of likely N-dealkylation sites (tertiary alicyclic amines) is 1. The van der Waals surface area contributed by atoms with Crippen molar-refractivity contribution in [3.8, 4) is 5.75 Å². The lowest BCUT2D eigenvalue weighted by Crippen LogP contribution is -2.49. The van der Waals surface area contributed by atoms with Crippen LogP contribution in [0.3, 0.4) is 0 Å². The largest absolute Gasteiger partial charge is 0.489 e. The normalized spacial score (nSPS) is 21.1. The van der Waals surface area contributed by atoms with Gasteiger partial charge in [-0.1, -0.05) is 30.9 Å². The lowest BCUT2D eigenvalue weighted by Gasteiger charge is -2.34. The zero-order valence-corrected chi connectivity index (χ0v) is 17.7. The van der Waals surface area contributed by atoms with Crippen LogP contribution in [0.4, 0.5) is 0 Å². The highest BCUT2D eigenvalue weighted by Crippen LogP contribution is 2.20. The number of ether oxygens (including phenoxy) is 2. The van der Waals surface area contributed by atoms with Gasteiger partial charge in [-0.25, -0.2) is 4.99 Å². The van der Waals surface area contributed by atoms with Crippen molar-refractivity contribution in [2.24, 2.45) is 10.9 Å². The fourth-order valence-electron chi connectivity index (χ4n) is 3.95. The Morgan fingerprint density at radius 1 is 1.31 bits per heavy atom. The van der Waals surface area contributed by atoms with E-state index in [1.807, 2.05) is 18.2 Å². The average molecular weight is 401 g/mol. The number of nitrogens with zero attached hydrogens (tertiary/aromatic N) is 2. The molecule has 0 amide bonds. The minimum Gasteiger partial charge on any atom is -0.489 e. The third-order valence-electron chi connectivity index (χ3n) is 5.55. The summed E-state index contributed by atoms with van der Waals surface area (Å²) in [7, 11) is 0. The van der Waals surface area contributed by atoms with Crippen molar-refractivity contribution in [2.45, 2.75) is 38.8 Å². The summed E-state index contributed by atoms with van der Waals surface area (Å²) in [6.07, 6.45) is 5.28. The number of piperidine rings is 1. The Morgan fingerprint density at radius 3 is 2.86 bits per heavy atom. The van der Waals surface area contributed by atoms with Crippen LogP contribution in [-0.4, -0.2) is 62.9 Å². The van der Waals surface area contributed by atoms with E-state index in [-0.39, 0.29) is 0 Å². The molecule has 2 heterocycles. The number of nitrogens with one attached hydrogen (secondary N) is 2. The maximum Gasteiger partial charge on any atom is 0.191 e. The molecular formula is C23H36N4O2. The number of hydrogen-bond acceptors (Lipinski definition) is 4. The molecule has 0 aliphatic carbocycles. The topological polar surface area (TPSA) is 58.1 Å². The predicted molar refractivity (Wildman–Crippen MR) is 118 cm³/mol. The van der Waals surface area contributed by atoms with Crippen molar-refractivity contribution >= 4 is 5.96 Å². The highest BCUT2D eigenvalue weighted by atomic mass is 16.5. The number of hydrogen-bond donors (Lipinski definition) is 2. The highest BCUT2D eigenvalue weighted by Gasteiger charge is 2.24. The van der Waals surface area contributed by atoms with E-state index in [0.29, 0.717) is 19.2 Å². The molecule has 29 heavy (non-hydrogen) atoms. The molecule has 0 spiro atoms. The summed E-state index contributed by atoms with van der Waals surface area (Å²) in [6, 6.07) is 8.53. The fourth-order valence-corrected chi connectivity index (χ4v) is 3.95. The molecule has 2 fully saturated rings. The van der Waals surface area contributed by atoms with E-state index in [1.54, 1.807) is 6.08 Å². The van der Waals surface area contributed by atoms with Crippen molar-refractivity contribution < 1.29 is 9.47 Å². The average Bonchev–Trinajstić information content (AvgIpc) is 3.26. The second-order valence-corrected chi connectivity index (χ2v) is 7.85. The van der Waals surface area contributed by atoms with E-state index in [9.17, 15) is 0 Å². The summed E-state index contributed by atoms with van der Waals surface area (Å²) in [6.45, 7) is 13.1. The first-order valence-corrected chi connectivity index (χ1v) is 10.9. The van der Waals surface area contributed by atoms with E-state index in [4.69, 9.17) is 14.5 Å². The molecule has 2 aliphatic heterocycles. The summed E-state index contributed by atoms with van der Waals surface area (Å²) >= 11 is 0. The molecule has 6 nitrogen and oxygen atoms in total.